The predicted molar refractivity (Wildman–Crippen MR) is 57.5 cm³/mol. The van der Waals surface area contributed by atoms with E-state index in [0.29, 0.717) is 0 Å². The molecule has 0 spiro atoms. The Morgan fingerprint density at radius 2 is 2.24 bits per heavy atom. The highest BCUT2D eigenvalue weighted by atomic mass is 16.6. The van der Waals surface area contributed by atoms with Gasteiger partial charge in [-0.15, -0.1) is 0 Å². The number of nitrogens with two attached hydrogens (primary N) is 1. The maximum absolute atomic E-state index is 11.5. The Morgan fingerprint density at radius 3 is 2.65 bits per heavy atom. The molecule has 0 saturated heterocycles. The van der Waals surface area contributed by atoms with E-state index in [0.717, 1.165) is 0 Å². The van der Waals surface area contributed by atoms with Gasteiger partial charge in [-0.2, -0.15) is 0 Å². The molecule has 1 rings (SSSR count). The van der Waals surface area contributed by atoms with Crippen LogP contribution in [0.2, 0.25) is 0 Å². The van der Waals surface area contributed by atoms with E-state index in [1.165, 1.54) is 6.92 Å². The van der Waals surface area contributed by atoms with Gasteiger partial charge in [0.2, 0.25) is 0 Å². The molecule has 1 heterocycles. The van der Waals surface area contributed by atoms with Crippen molar-refractivity contribution in [1.29, 1.82) is 5.41 Å². The summed E-state index contributed by atoms with van der Waals surface area (Å²) < 4.78 is 9.02. The molecule has 0 radical (unpaired) electrons. The second-order valence-corrected chi connectivity index (χ2v) is 3.05. The molecule has 92 valence electrons. The largest absolute Gasteiger partial charge is 0.512 e. The van der Waals surface area contributed by atoms with Gasteiger partial charge in [0.05, 0.1) is 6.61 Å². The molecule has 1 aromatic heterocycles. The number of nitrogens with one attached hydrogen (secondary N) is 1. The van der Waals surface area contributed by atoms with Crippen molar-refractivity contribution in [2.75, 3.05) is 12.3 Å². The van der Waals surface area contributed by atoms with E-state index < -0.39 is 11.7 Å². The zero-order valence-corrected chi connectivity index (χ0v) is 9.35. The fourth-order valence-electron chi connectivity index (χ4n) is 1.12. The minimum Gasteiger partial charge on any atom is -0.512 e. The van der Waals surface area contributed by atoms with Crippen LogP contribution in [0.1, 0.15) is 19.5 Å². The van der Waals surface area contributed by atoms with Gasteiger partial charge in [-0.3, -0.25) is 5.41 Å². The quantitative estimate of drug-likeness (QED) is 0.300. The molecular weight excluding hydrogens is 228 g/mol. The highest BCUT2D eigenvalue weighted by Crippen LogP contribution is 2.15. The molecule has 0 atom stereocenters. The predicted octanol–water partition coefficient (Wildman–Crippen LogP) is 0.415. The summed E-state index contributed by atoms with van der Waals surface area (Å²) in [6.07, 6.45) is 0. The third-order valence-electron chi connectivity index (χ3n) is 1.84. The molecule has 8 nitrogen and oxygen atoms in total. The fraction of sp³-hybridized carbons (Fsp3) is 0.333. The Balaban J connectivity index is 3.11. The van der Waals surface area contributed by atoms with Crippen LogP contribution in [0.5, 0.6) is 0 Å². The first-order valence-electron chi connectivity index (χ1n) is 4.73. The Labute approximate surface area is 96.5 Å². The Kier molecular flexibility index (Phi) is 3.81. The lowest BCUT2D eigenvalue weighted by Gasteiger charge is -2.07. The highest BCUT2D eigenvalue weighted by molar-refractivity contribution is 6.26. The minimum atomic E-state index is -0.833. The summed E-state index contributed by atoms with van der Waals surface area (Å²) in [5, 5.41) is 23.8. The summed E-state index contributed by atoms with van der Waals surface area (Å²) in [5.74, 6) is -1.34. The van der Waals surface area contributed by atoms with E-state index in [2.05, 4.69) is 14.9 Å². The molecule has 17 heavy (non-hydrogen) atoms. The normalized spacial score (nSPS) is 11.9. The van der Waals surface area contributed by atoms with Gasteiger partial charge >= 0.3 is 5.97 Å². The lowest BCUT2D eigenvalue weighted by molar-refractivity contribution is -0.138. The number of allylic oxidation sites excluding steroid dienone is 1. The van der Waals surface area contributed by atoms with Crippen LogP contribution < -0.4 is 5.73 Å². The van der Waals surface area contributed by atoms with Gasteiger partial charge in [0, 0.05) is 0 Å². The maximum atomic E-state index is 11.5. The van der Waals surface area contributed by atoms with Gasteiger partial charge in [0.1, 0.15) is 17.0 Å². The third-order valence-corrected chi connectivity index (χ3v) is 1.84. The maximum Gasteiger partial charge on any atom is 0.343 e. The van der Waals surface area contributed by atoms with Crippen LogP contribution >= 0.6 is 0 Å². The SMILES string of the molecule is CCOC(=O)/C(C(=N)c1nonc1N)=C(\C)O. The van der Waals surface area contributed by atoms with Crippen LogP contribution in [0.15, 0.2) is 16.0 Å². The van der Waals surface area contributed by atoms with E-state index in [1.807, 2.05) is 0 Å². The molecule has 0 unspecified atom stereocenters. The van der Waals surface area contributed by atoms with Crippen molar-refractivity contribution in [2.24, 2.45) is 0 Å². The van der Waals surface area contributed by atoms with Crippen LogP contribution in [0, 0.1) is 5.41 Å². The number of carbonyl (C=O) groups excluding carboxylic acids is 1. The number of rotatable bonds is 4. The first kappa shape index (κ1) is 12.7. The smallest absolute Gasteiger partial charge is 0.343 e. The summed E-state index contributed by atoms with van der Waals surface area (Å²) in [6, 6.07) is 0. The minimum absolute atomic E-state index is 0.120. The summed E-state index contributed by atoms with van der Waals surface area (Å²) in [7, 11) is 0. The van der Waals surface area contributed by atoms with E-state index in [9.17, 15) is 9.90 Å². The van der Waals surface area contributed by atoms with Crippen molar-refractivity contribution in [2.45, 2.75) is 13.8 Å². The topological polar surface area (TPSA) is 135 Å². The van der Waals surface area contributed by atoms with E-state index in [4.69, 9.17) is 15.9 Å². The van der Waals surface area contributed by atoms with E-state index >= 15 is 0 Å². The number of aliphatic hydroxyl groups is 1. The summed E-state index contributed by atoms with van der Waals surface area (Å²) in [6.45, 7) is 2.98. The van der Waals surface area contributed by atoms with Crippen LogP contribution in [-0.2, 0) is 9.53 Å². The van der Waals surface area contributed by atoms with Gasteiger partial charge in [-0.05, 0) is 24.2 Å². The van der Waals surface area contributed by atoms with Gasteiger partial charge in [0.25, 0.3) is 0 Å². The Bertz CT molecular complexity index is 473. The van der Waals surface area contributed by atoms with Gasteiger partial charge in [0.15, 0.2) is 11.5 Å². The molecule has 1 aromatic rings. The van der Waals surface area contributed by atoms with Crippen molar-refractivity contribution >= 4 is 17.5 Å². The van der Waals surface area contributed by atoms with Crippen LogP contribution in [0.25, 0.3) is 0 Å². The van der Waals surface area contributed by atoms with Crippen LogP contribution in [-0.4, -0.2) is 33.7 Å². The van der Waals surface area contributed by atoms with E-state index in [-0.39, 0.29) is 29.5 Å². The number of nitrogen functional groups attached to an aromatic ring is 1. The molecule has 8 heteroatoms. The second-order valence-electron chi connectivity index (χ2n) is 3.05. The molecule has 0 fully saturated rings. The van der Waals surface area contributed by atoms with Crippen molar-refractivity contribution in [1.82, 2.24) is 10.3 Å². The summed E-state index contributed by atoms with van der Waals surface area (Å²) in [5.41, 5.74) is 4.54. The molecule has 0 aliphatic heterocycles. The van der Waals surface area contributed by atoms with Crippen LogP contribution in [0.4, 0.5) is 5.82 Å². The average Bonchev–Trinajstić information content (AvgIpc) is 2.64. The van der Waals surface area contributed by atoms with Gasteiger partial charge in [-0.1, -0.05) is 0 Å². The second kappa shape index (κ2) is 5.10. The number of hydrogen-bond acceptors (Lipinski definition) is 8. The molecular formula is C9H12N4O4. The first-order chi connectivity index (χ1) is 7.99. The molecule has 0 amide bonds. The molecule has 0 saturated carbocycles. The standard InChI is InChI=1S/C9H12N4O4/c1-3-16-9(15)5(4(2)14)6(10)7-8(11)13-17-12-7/h10,14H,3H2,1-2H3,(H2,11,13)/b5-4+,10-6?. The number of anilines is 1. The molecule has 0 bridgehead atoms. The molecule has 4 N–H and O–H groups in total. The lowest BCUT2D eigenvalue weighted by atomic mass is 10.1. The number of esters is 1. The zero-order chi connectivity index (χ0) is 13.0. The lowest BCUT2D eigenvalue weighted by Crippen LogP contribution is -2.19. The molecule has 0 aliphatic carbocycles. The number of aliphatic hydroxyl groups excluding tert-OH is 1. The molecule has 0 aliphatic rings. The number of hydrogen-bond donors (Lipinski definition) is 3. The van der Waals surface area contributed by atoms with Gasteiger partial charge < -0.3 is 15.6 Å². The number of aromatic nitrogens is 2. The van der Waals surface area contributed by atoms with Crippen molar-refractivity contribution in [3.8, 4) is 0 Å². The summed E-state index contributed by atoms with van der Waals surface area (Å²) in [4.78, 5) is 11.5. The van der Waals surface area contributed by atoms with Crippen LogP contribution in [0.3, 0.4) is 0 Å². The number of ether oxygens (including phenoxy) is 1. The van der Waals surface area contributed by atoms with Gasteiger partial charge in [-0.25, -0.2) is 9.42 Å². The van der Waals surface area contributed by atoms with Crippen molar-refractivity contribution in [3.63, 3.8) is 0 Å². The number of nitrogens with zero attached hydrogens (tertiary/aromatic N) is 2. The third kappa shape index (κ3) is 2.60. The number of carbonyl (C=O) groups is 1. The summed E-state index contributed by atoms with van der Waals surface area (Å²) >= 11 is 0. The Morgan fingerprint density at radius 1 is 1.59 bits per heavy atom. The zero-order valence-electron chi connectivity index (χ0n) is 9.35. The monoisotopic (exact) mass is 240 g/mol. The van der Waals surface area contributed by atoms with E-state index in [1.54, 1.807) is 6.92 Å². The average molecular weight is 240 g/mol. The van der Waals surface area contributed by atoms with Crippen molar-refractivity contribution < 1.29 is 19.3 Å². The fourth-order valence-corrected chi connectivity index (χ4v) is 1.12. The Hall–Kier alpha value is -2.38. The highest BCUT2D eigenvalue weighted by Gasteiger charge is 2.25. The first-order valence-corrected chi connectivity index (χ1v) is 4.73. The molecule has 0 aromatic carbocycles. The van der Waals surface area contributed by atoms with Crippen molar-refractivity contribution in [3.05, 3.63) is 17.0 Å².